The van der Waals surface area contributed by atoms with Gasteiger partial charge in [-0.2, -0.15) is 9.61 Å². The molecule has 3 rings (SSSR count). The summed E-state index contributed by atoms with van der Waals surface area (Å²) in [7, 11) is 0. The number of fused-ring (bicyclic) bond motifs is 1. The van der Waals surface area contributed by atoms with Gasteiger partial charge in [0.25, 0.3) is 0 Å². The second kappa shape index (κ2) is 5.85. The summed E-state index contributed by atoms with van der Waals surface area (Å²) >= 11 is 5.94. The molecule has 0 spiro atoms. The number of hydrogen-bond acceptors (Lipinski definition) is 3. The first kappa shape index (κ1) is 15.8. The van der Waals surface area contributed by atoms with Crippen LogP contribution in [0.2, 0.25) is 5.02 Å². The van der Waals surface area contributed by atoms with Crippen molar-refractivity contribution in [3.8, 4) is 0 Å². The fraction of sp³-hybridized carbons (Fsp3) is 0.333. The van der Waals surface area contributed by atoms with Gasteiger partial charge in [-0.05, 0) is 45.4 Å². The van der Waals surface area contributed by atoms with E-state index in [1.807, 2.05) is 47.8 Å². The van der Waals surface area contributed by atoms with Gasteiger partial charge in [-0.3, -0.25) is 0 Å². The van der Waals surface area contributed by atoms with Crippen LogP contribution in [0.25, 0.3) is 5.65 Å². The molecule has 0 amide bonds. The summed E-state index contributed by atoms with van der Waals surface area (Å²) in [5.41, 5.74) is 3.97. The maximum Gasteiger partial charge on any atom is 0.157 e. The average molecular weight is 329 g/mol. The second-order valence-electron chi connectivity index (χ2n) is 6.87. The molecule has 2 heterocycles. The van der Waals surface area contributed by atoms with E-state index in [9.17, 15) is 0 Å². The van der Waals surface area contributed by atoms with Crippen LogP contribution >= 0.6 is 11.6 Å². The standard InChI is InChI=1S/C18H21ClN4/c1-12-9-17(21-18(2,3)4)23-16(20-12)11-15(22-23)10-13-5-7-14(19)8-6-13/h5-9,11,21H,10H2,1-4H3. The van der Waals surface area contributed by atoms with Crippen molar-refractivity contribution in [1.82, 2.24) is 14.6 Å². The molecule has 120 valence electrons. The molecule has 0 radical (unpaired) electrons. The molecule has 0 aliphatic carbocycles. The average Bonchev–Trinajstić information content (AvgIpc) is 2.82. The van der Waals surface area contributed by atoms with E-state index in [0.717, 1.165) is 34.3 Å². The van der Waals surface area contributed by atoms with Gasteiger partial charge < -0.3 is 5.32 Å². The number of nitrogens with zero attached hydrogens (tertiary/aromatic N) is 3. The molecule has 23 heavy (non-hydrogen) atoms. The molecule has 0 saturated carbocycles. The Morgan fingerprint density at radius 2 is 1.83 bits per heavy atom. The molecule has 2 aromatic heterocycles. The predicted molar refractivity (Wildman–Crippen MR) is 95.4 cm³/mol. The predicted octanol–water partition coefficient (Wildman–Crippen LogP) is 4.49. The largest absolute Gasteiger partial charge is 0.365 e. The van der Waals surface area contributed by atoms with Crippen molar-refractivity contribution < 1.29 is 0 Å². The van der Waals surface area contributed by atoms with Crippen molar-refractivity contribution in [3.05, 3.63) is 58.4 Å². The Hall–Kier alpha value is -2.07. The minimum absolute atomic E-state index is 0.0387. The van der Waals surface area contributed by atoms with Gasteiger partial charge in [0.2, 0.25) is 0 Å². The van der Waals surface area contributed by atoms with Gasteiger partial charge in [-0.25, -0.2) is 4.98 Å². The number of nitrogens with one attached hydrogen (secondary N) is 1. The fourth-order valence-electron chi connectivity index (χ4n) is 2.52. The maximum absolute atomic E-state index is 5.94. The summed E-state index contributed by atoms with van der Waals surface area (Å²) in [6.07, 6.45) is 0.758. The first-order valence-corrected chi connectivity index (χ1v) is 8.07. The Morgan fingerprint density at radius 1 is 1.13 bits per heavy atom. The molecule has 0 aliphatic heterocycles. The van der Waals surface area contributed by atoms with E-state index >= 15 is 0 Å². The molecular formula is C18H21ClN4. The topological polar surface area (TPSA) is 42.2 Å². The van der Waals surface area contributed by atoms with Crippen molar-refractivity contribution in [1.29, 1.82) is 0 Å². The van der Waals surface area contributed by atoms with Gasteiger partial charge >= 0.3 is 0 Å². The van der Waals surface area contributed by atoms with Crippen LogP contribution in [0.5, 0.6) is 0 Å². The summed E-state index contributed by atoms with van der Waals surface area (Å²) in [6, 6.07) is 11.9. The third kappa shape index (κ3) is 3.82. The summed E-state index contributed by atoms with van der Waals surface area (Å²) in [5.74, 6) is 0.961. The number of aromatic nitrogens is 3. The zero-order chi connectivity index (χ0) is 16.6. The second-order valence-corrected chi connectivity index (χ2v) is 7.30. The Labute approximate surface area is 141 Å². The Bertz CT molecular complexity index is 829. The Balaban J connectivity index is 1.97. The lowest BCUT2D eigenvalue weighted by atomic mass is 10.1. The fourth-order valence-corrected chi connectivity index (χ4v) is 2.64. The van der Waals surface area contributed by atoms with Crippen LogP contribution in [-0.4, -0.2) is 20.1 Å². The summed E-state index contributed by atoms with van der Waals surface area (Å²) in [6.45, 7) is 8.39. The lowest BCUT2D eigenvalue weighted by molar-refractivity contribution is 0.624. The minimum atomic E-state index is -0.0387. The Morgan fingerprint density at radius 3 is 2.48 bits per heavy atom. The molecular weight excluding hydrogens is 308 g/mol. The van der Waals surface area contributed by atoms with Crippen molar-refractivity contribution in [2.75, 3.05) is 5.32 Å². The monoisotopic (exact) mass is 328 g/mol. The highest BCUT2D eigenvalue weighted by Gasteiger charge is 2.14. The number of halogens is 1. The third-order valence-corrected chi connectivity index (χ3v) is 3.66. The highest BCUT2D eigenvalue weighted by atomic mass is 35.5. The summed E-state index contributed by atoms with van der Waals surface area (Å²) in [5, 5.41) is 8.95. The van der Waals surface area contributed by atoms with E-state index in [1.165, 1.54) is 5.56 Å². The molecule has 3 aromatic rings. The zero-order valence-corrected chi connectivity index (χ0v) is 14.6. The first-order valence-electron chi connectivity index (χ1n) is 7.69. The normalized spacial score (nSPS) is 11.9. The number of anilines is 1. The highest BCUT2D eigenvalue weighted by molar-refractivity contribution is 6.30. The third-order valence-electron chi connectivity index (χ3n) is 3.41. The van der Waals surface area contributed by atoms with Crippen LogP contribution in [0.1, 0.15) is 37.7 Å². The molecule has 5 heteroatoms. The van der Waals surface area contributed by atoms with Crippen molar-refractivity contribution in [2.45, 2.75) is 39.7 Å². The number of hydrogen-bond donors (Lipinski definition) is 1. The number of rotatable bonds is 3. The molecule has 0 bridgehead atoms. The van der Waals surface area contributed by atoms with Crippen LogP contribution in [-0.2, 0) is 6.42 Å². The van der Waals surface area contributed by atoms with E-state index in [4.69, 9.17) is 16.7 Å². The van der Waals surface area contributed by atoms with Crippen molar-refractivity contribution >= 4 is 23.1 Å². The van der Waals surface area contributed by atoms with E-state index in [1.54, 1.807) is 0 Å². The number of aryl methyl sites for hydroxylation is 1. The molecule has 0 unspecified atom stereocenters. The minimum Gasteiger partial charge on any atom is -0.365 e. The quantitative estimate of drug-likeness (QED) is 0.770. The van der Waals surface area contributed by atoms with Gasteiger partial charge in [0.1, 0.15) is 5.82 Å². The van der Waals surface area contributed by atoms with Gasteiger partial charge in [-0.15, -0.1) is 0 Å². The number of benzene rings is 1. The van der Waals surface area contributed by atoms with E-state index in [2.05, 4.69) is 31.1 Å². The lowest BCUT2D eigenvalue weighted by Gasteiger charge is -2.22. The first-order chi connectivity index (χ1) is 10.8. The van der Waals surface area contributed by atoms with E-state index in [-0.39, 0.29) is 5.54 Å². The Kier molecular flexibility index (Phi) is 4.02. The van der Waals surface area contributed by atoms with Crippen molar-refractivity contribution in [3.63, 3.8) is 0 Å². The summed E-state index contributed by atoms with van der Waals surface area (Å²) < 4.78 is 1.88. The van der Waals surface area contributed by atoms with Crippen LogP contribution in [0, 0.1) is 6.92 Å². The SMILES string of the molecule is Cc1cc(NC(C)(C)C)n2nc(Cc3ccc(Cl)cc3)cc2n1. The lowest BCUT2D eigenvalue weighted by Crippen LogP contribution is -2.27. The van der Waals surface area contributed by atoms with E-state index < -0.39 is 0 Å². The van der Waals surface area contributed by atoms with Gasteiger partial charge in [0.05, 0.1) is 5.69 Å². The molecule has 0 atom stereocenters. The molecule has 4 nitrogen and oxygen atoms in total. The van der Waals surface area contributed by atoms with Crippen LogP contribution in [0.15, 0.2) is 36.4 Å². The molecule has 1 N–H and O–H groups in total. The molecule has 0 aliphatic rings. The highest BCUT2D eigenvalue weighted by Crippen LogP contribution is 2.19. The van der Waals surface area contributed by atoms with E-state index in [0.29, 0.717) is 0 Å². The van der Waals surface area contributed by atoms with Gasteiger partial charge in [-0.1, -0.05) is 23.7 Å². The zero-order valence-electron chi connectivity index (χ0n) is 13.9. The van der Waals surface area contributed by atoms with Gasteiger partial charge in [0.15, 0.2) is 5.65 Å². The maximum atomic E-state index is 5.94. The van der Waals surface area contributed by atoms with Crippen LogP contribution in [0.3, 0.4) is 0 Å². The summed E-state index contributed by atoms with van der Waals surface area (Å²) in [4.78, 5) is 4.58. The van der Waals surface area contributed by atoms with Crippen molar-refractivity contribution in [2.24, 2.45) is 0 Å². The molecule has 1 aromatic carbocycles. The van der Waals surface area contributed by atoms with Crippen LogP contribution in [0.4, 0.5) is 5.82 Å². The van der Waals surface area contributed by atoms with Crippen LogP contribution < -0.4 is 5.32 Å². The molecule has 0 fully saturated rings. The molecule has 0 saturated heterocycles. The van der Waals surface area contributed by atoms with Gasteiger partial charge in [0, 0.05) is 34.8 Å². The smallest absolute Gasteiger partial charge is 0.157 e.